The Morgan fingerprint density at radius 3 is 3.13 bits per heavy atom. The summed E-state index contributed by atoms with van der Waals surface area (Å²) >= 11 is 0. The summed E-state index contributed by atoms with van der Waals surface area (Å²) in [6, 6.07) is 8.16. The average molecular weight is 315 g/mol. The van der Waals surface area contributed by atoms with Crippen LogP contribution in [0.25, 0.3) is 0 Å². The second-order valence-electron chi connectivity index (χ2n) is 5.70. The van der Waals surface area contributed by atoms with E-state index in [1.165, 1.54) is 0 Å². The van der Waals surface area contributed by atoms with Gasteiger partial charge in [-0.15, -0.1) is 5.10 Å². The predicted octanol–water partition coefficient (Wildman–Crippen LogP) is 1.83. The van der Waals surface area contributed by atoms with E-state index in [0.717, 1.165) is 37.1 Å². The Hall–Kier alpha value is -2.44. The summed E-state index contributed by atoms with van der Waals surface area (Å²) in [5.74, 6) is 1.03. The highest BCUT2D eigenvalue weighted by Gasteiger charge is 2.29. The molecule has 0 spiro atoms. The third kappa shape index (κ3) is 3.67. The highest BCUT2D eigenvalue weighted by atomic mass is 16.5. The molecule has 7 nitrogen and oxygen atoms in total. The van der Waals surface area contributed by atoms with Crippen molar-refractivity contribution in [1.82, 2.24) is 25.1 Å². The van der Waals surface area contributed by atoms with Crippen LogP contribution in [0, 0.1) is 0 Å². The molecule has 2 aromatic rings. The quantitative estimate of drug-likeness (QED) is 0.813. The fourth-order valence-corrected chi connectivity index (χ4v) is 3.08. The van der Waals surface area contributed by atoms with Crippen molar-refractivity contribution in [2.45, 2.75) is 38.3 Å². The Kier molecular flexibility index (Phi) is 4.85. The second-order valence-corrected chi connectivity index (χ2v) is 5.70. The average Bonchev–Trinajstić information content (AvgIpc) is 3.26. The summed E-state index contributed by atoms with van der Waals surface area (Å²) in [5, 5.41) is 11.0. The van der Waals surface area contributed by atoms with Crippen LogP contribution in [-0.4, -0.2) is 44.7 Å². The maximum absolute atomic E-state index is 12.5. The molecule has 1 fully saturated rings. The number of ether oxygens (including phenoxy) is 1. The highest BCUT2D eigenvalue weighted by molar-refractivity contribution is 5.77. The summed E-state index contributed by atoms with van der Waals surface area (Å²) in [5.41, 5.74) is 1.15. The number of aromatic nitrogens is 4. The second kappa shape index (κ2) is 7.21. The van der Waals surface area contributed by atoms with Crippen molar-refractivity contribution in [2.24, 2.45) is 0 Å². The van der Waals surface area contributed by atoms with Gasteiger partial charge in [0, 0.05) is 19.5 Å². The van der Waals surface area contributed by atoms with Gasteiger partial charge in [-0.3, -0.25) is 4.79 Å². The lowest BCUT2D eigenvalue weighted by atomic mass is 10.0. The molecule has 7 heteroatoms. The van der Waals surface area contributed by atoms with Crippen LogP contribution in [0.5, 0.6) is 5.75 Å². The fraction of sp³-hybridized carbons (Fsp3) is 0.500. The van der Waals surface area contributed by atoms with Crippen LogP contribution >= 0.6 is 0 Å². The number of nitrogens with zero attached hydrogens (tertiary/aromatic N) is 5. The standard InChI is InChI=1S/C16H21N5O2/c1-23-14-6-2-5-13(11-14)15-7-3-10-21(15)16(22)8-4-9-20-12-17-18-19-20/h2,5-6,11-12,15H,3-4,7-10H2,1H3/t15-/m0/s1. The molecule has 1 aliphatic rings. The van der Waals surface area contributed by atoms with Crippen molar-refractivity contribution in [3.05, 3.63) is 36.2 Å². The van der Waals surface area contributed by atoms with Gasteiger partial charge in [-0.05, 0) is 47.4 Å². The van der Waals surface area contributed by atoms with E-state index in [1.54, 1.807) is 18.1 Å². The van der Waals surface area contributed by atoms with Crippen LogP contribution in [0.3, 0.4) is 0 Å². The smallest absolute Gasteiger partial charge is 0.223 e. The normalized spacial score (nSPS) is 17.4. The van der Waals surface area contributed by atoms with Gasteiger partial charge >= 0.3 is 0 Å². The minimum Gasteiger partial charge on any atom is -0.497 e. The number of benzene rings is 1. The topological polar surface area (TPSA) is 73.1 Å². The van der Waals surface area contributed by atoms with Gasteiger partial charge in [0.25, 0.3) is 0 Å². The van der Waals surface area contributed by atoms with E-state index in [-0.39, 0.29) is 11.9 Å². The largest absolute Gasteiger partial charge is 0.497 e. The molecular formula is C16H21N5O2. The summed E-state index contributed by atoms with van der Waals surface area (Å²) in [4.78, 5) is 14.5. The number of carbonyl (C=O) groups is 1. The number of hydrogen-bond acceptors (Lipinski definition) is 5. The third-order valence-electron chi connectivity index (χ3n) is 4.22. The van der Waals surface area contributed by atoms with Gasteiger partial charge in [-0.1, -0.05) is 12.1 Å². The summed E-state index contributed by atoms with van der Waals surface area (Å²) in [6.45, 7) is 1.49. The molecule has 23 heavy (non-hydrogen) atoms. The van der Waals surface area contributed by atoms with Gasteiger partial charge in [0.15, 0.2) is 0 Å². The third-order valence-corrected chi connectivity index (χ3v) is 4.22. The minimum atomic E-state index is 0.158. The predicted molar refractivity (Wildman–Crippen MR) is 83.7 cm³/mol. The van der Waals surface area contributed by atoms with Gasteiger partial charge in [-0.2, -0.15) is 0 Å². The van der Waals surface area contributed by atoms with Crippen LogP contribution in [-0.2, 0) is 11.3 Å². The first kappa shape index (κ1) is 15.5. The van der Waals surface area contributed by atoms with Crippen molar-refractivity contribution in [2.75, 3.05) is 13.7 Å². The Morgan fingerprint density at radius 2 is 2.35 bits per heavy atom. The molecule has 1 saturated heterocycles. The summed E-state index contributed by atoms with van der Waals surface area (Å²) < 4.78 is 6.94. The van der Waals surface area contributed by atoms with Crippen LogP contribution in [0.15, 0.2) is 30.6 Å². The van der Waals surface area contributed by atoms with Gasteiger partial charge in [0.1, 0.15) is 12.1 Å². The molecular weight excluding hydrogens is 294 g/mol. The molecule has 0 radical (unpaired) electrons. The first-order chi connectivity index (χ1) is 11.3. The van der Waals surface area contributed by atoms with Crippen LogP contribution in [0.2, 0.25) is 0 Å². The van der Waals surface area contributed by atoms with Crippen molar-refractivity contribution < 1.29 is 9.53 Å². The van der Waals surface area contributed by atoms with Crippen molar-refractivity contribution in [3.63, 3.8) is 0 Å². The lowest BCUT2D eigenvalue weighted by Gasteiger charge is -2.25. The van der Waals surface area contributed by atoms with E-state index in [2.05, 4.69) is 21.6 Å². The highest BCUT2D eigenvalue weighted by Crippen LogP contribution is 2.33. The minimum absolute atomic E-state index is 0.158. The van der Waals surface area contributed by atoms with Gasteiger partial charge in [0.2, 0.25) is 5.91 Å². The van der Waals surface area contributed by atoms with E-state index < -0.39 is 0 Å². The molecule has 122 valence electrons. The monoisotopic (exact) mass is 315 g/mol. The molecule has 1 amide bonds. The lowest BCUT2D eigenvalue weighted by molar-refractivity contribution is -0.132. The molecule has 2 heterocycles. The number of carbonyl (C=O) groups excluding carboxylic acids is 1. The zero-order valence-corrected chi connectivity index (χ0v) is 13.3. The number of hydrogen-bond donors (Lipinski definition) is 0. The number of methoxy groups -OCH3 is 1. The van der Waals surface area contributed by atoms with E-state index in [1.807, 2.05) is 23.1 Å². The number of amides is 1. The van der Waals surface area contributed by atoms with Crippen molar-refractivity contribution in [1.29, 1.82) is 0 Å². The number of rotatable bonds is 6. The van der Waals surface area contributed by atoms with Crippen molar-refractivity contribution in [3.8, 4) is 5.75 Å². The zero-order valence-electron chi connectivity index (χ0n) is 13.3. The molecule has 0 saturated carbocycles. The molecule has 0 unspecified atom stereocenters. The summed E-state index contributed by atoms with van der Waals surface area (Å²) in [7, 11) is 1.66. The van der Waals surface area contributed by atoms with E-state index in [4.69, 9.17) is 4.74 Å². The number of tetrazole rings is 1. The molecule has 0 bridgehead atoms. The lowest BCUT2D eigenvalue weighted by Crippen LogP contribution is -2.30. The first-order valence-electron chi connectivity index (χ1n) is 7.92. The van der Waals surface area contributed by atoms with Crippen LogP contribution < -0.4 is 4.74 Å². The van der Waals surface area contributed by atoms with Crippen LogP contribution in [0.4, 0.5) is 0 Å². The van der Waals surface area contributed by atoms with Gasteiger partial charge < -0.3 is 9.64 Å². The summed E-state index contributed by atoms with van der Waals surface area (Å²) in [6.07, 6.45) is 4.87. The Labute approximate surface area is 135 Å². The maximum Gasteiger partial charge on any atom is 0.223 e. The van der Waals surface area contributed by atoms with E-state index in [0.29, 0.717) is 13.0 Å². The molecule has 1 atom stereocenters. The number of likely N-dealkylation sites (tertiary alicyclic amines) is 1. The Balaban J connectivity index is 1.60. The Bertz CT molecular complexity index is 644. The van der Waals surface area contributed by atoms with Gasteiger partial charge in [0.05, 0.1) is 13.2 Å². The zero-order chi connectivity index (χ0) is 16.1. The SMILES string of the molecule is COc1cccc([C@@H]2CCCN2C(=O)CCCn2cnnn2)c1. The van der Waals surface area contributed by atoms with E-state index in [9.17, 15) is 4.79 Å². The van der Waals surface area contributed by atoms with Crippen molar-refractivity contribution >= 4 is 5.91 Å². The fourth-order valence-electron chi connectivity index (χ4n) is 3.08. The van der Waals surface area contributed by atoms with E-state index >= 15 is 0 Å². The molecule has 1 aromatic carbocycles. The number of aryl methyl sites for hydroxylation is 1. The molecule has 1 aliphatic heterocycles. The molecule has 1 aromatic heterocycles. The Morgan fingerprint density at radius 1 is 1.43 bits per heavy atom. The molecule has 0 aliphatic carbocycles. The maximum atomic E-state index is 12.5. The van der Waals surface area contributed by atoms with Crippen LogP contribution in [0.1, 0.15) is 37.3 Å². The molecule has 3 rings (SSSR count). The first-order valence-corrected chi connectivity index (χ1v) is 7.92. The molecule has 0 N–H and O–H groups in total. The van der Waals surface area contributed by atoms with Gasteiger partial charge in [-0.25, -0.2) is 4.68 Å².